The third-order valence-corrected chi connectivity index (χ3v) is 3.16. The summed E-state index contributed by atoms with van der Waals surface area (Å²) in [5.74, 6) is -0.206. The Hall–Kier alpha value is -0.330. The maximum atomic E-state index is 11.5. The molecule has 0 rings (SSSR count). The Morgan fingerprint density at radius 1 is 1.22 bits per heavy atom. The molecule has 0 bridgehead atoms. The van der Waals surface area contributed by atoms with Crippen molar-refractivity contribution in [2.24, 2.45) is 5.92 Å². The average Bonchev–Trinajstić information content (AvgIpc) is 2.32. The highest BCUT2D eigenvalue weighted by molar-refractivity contribution is 14.1. The van der Waals surface area contributed by atoms with E-state index in [1.165, 1.54) is 0 Å². The Balaban J connectivity index is 3.94. The van der Waals surface area contributed by atoms with Gasteiger partial charge in [0.1, 0.15) is 6.10 Å². The van der Waals surface area contributed by atoms with E-state index in [4.69, 9.17) is 9.47 Å². The van der Waals surface area contributed by atoms with Gasteiger partial charge in [0, 0.05) is 10.8 Å². The van der Waals surface area contributed by atoms with Crippen LogP contribution in [0, 0.1) is 5.92 Å². The van der Waals surface area contributed by atoms with Crippen molar-refractivity contribution in [2.75, 3.05) is 11.0 Å². The average molecular weight is 370 g/mol. The lowest BCUT2D eigenvalue weighted by atomic mass is 10.2. The van der Waals surface area contributed by atoms with Gasteiger partial charge in [0.05, 0.1) is 13.0 Å². The Labute approximate surface area is 123 Å². The molecule has 0 aliphatic carbocycles. The van der Waals surface area contributed by atoms with E-state index in [2.05, 4.69) is 22.6 Å². The summed E-state index contributed by atoms with van der Waals surface area (Å²) in [5.41, 5.74) is 0. The summed E-state index contributed by atoms with van der Waals surface area (Å²) < 4.78 is 10.9. The van der Waals surface area contributed by atoms with Gasteiger partial charge in [0.15, 0.2) is 0 Å². The van der Waals surface area contributed by atoms with E-state index in [1.54, 1.807) is 0 Å². The minimum atomic E-state index is -0.366. The number of carbonyl (C=O) groups excluding carboxylic acids is 2. The molecule has 4 nitrogen and oxygen atoms in total. The van der Waals surface area contributed by atoms with Gasteiger partial charge in [-0.3, -0.25) is 9.59 Å². The first-order valence-electron chi connectivity index (χ1n) is 6.40. The quantitative estimate of drug-likeness (QED) is 0.356. The monoisotopic (exact) mass is 370 g/mol. The van der Waals surface area contributed by atoms with Gasteiger partial charge in [-0.2, -0.15) is 0 Å². The second-order valence-corrected chi connectivity index (χ2v) is 5.53. The Morgan fingerprint density at radius 3 is 2.39 bits per heavy atom. The van der Waals surface area contributed by atoms with Crippen molar-refractivity contribution in [2.45, 2.75) is 52.6 Å². The fraction of sp³-hybridized carbons (Fsp3) is 0.846. The van der Waals surface area contributed by atoms with Crippen LogP contribution in [0.1, 0.15) is 46.5 Å². The molecule has 0 aromatic rings. The topological polar surface area (TPSA) is 52.6 Å². The number of rotatable bonds is 9. The number of carbonyl (C=O) groups is 2. The van der Waals surface area contributed by atoms with Crippen molar-refractivity contribution in [3.63, 3.8) is 0 Å². The van der Waals surface area contributed by atoms with Crippen molar-refractivity contribution in [1.82, 2.24) is 0 Å². The van der Waals surface area contributed by atoms with Gasteiger partial charge in [-0.15, -0.1) is 0 Å². The molecule has 0 aromatic heterocycles. The molecule has 0 amide bonds. The zero-order chi connectivity index (χ0) is 14.0. The number of alkyl halides is 1. The molecule has 0 saturated heterocycles. The Bertz CT molecular complexity index is 253. The molecule has 0 spiro atoms. The van der Waals surface area contributed by atoms with Gasteiger partial charge in [0.25, 0.3) is 0 Å². The highest BCUT2D eigenvalue weighted by Crippen LogP contribution is 2.08. The summed E-state index contributed by atoms with van der Waals surface area (Å²) >= 11 is 2.11. The van der Waals surface area contributed by atoms with Crippen molar-refractivity contribution in [3.05, 3.63) is 0 Å². The van der Waals surface area contributed by atoms with Gasteiger partial charge in [-0.1, -0.05) is 49.8 Å². The van der Waals surface area contributed by atoms with E-state index in [0.717, 1.165) is 12.8 Å². The normalized spacial score (nSPS) is 12.3. The maximum Gasteiger partial charge on any atom is 0.309 e. The van der Waals surface area contributed by atoms with E-state index < -0.39 is 0 Å². The maximum absolute atomic E-state index is 11.5. The molecule has 0 N–H and O–H groups in total. The molecule has 0 heterocycles. The van der Waals surface area contributed by atoms with Crippen molar-refractivity contribution >= 4 is 34.5 Å². The second-order valence-electron chi connectivity index (χ2n) is 4.65. The van der Waals surface area contributed by atoms with Crippen LogP contribution >= 0.6 is 22.6 Å². The van der Waals surface area contributed by atoms with E-state index in [9.17, 15) is 9.59 Å². The highest BCUT2D eigenvalue weighted by atomic mass is 127. The molecule has 0 saturated carbocycles. The summed E-state index contributed by atoms with van der Waals surface area (Å²) in [4.78, 5) is 22.9. The fourth-order valence-electron chi connectivity index (χ4n) is 1.20. The first-order valence-corrected chi connectivity index (χ1v) is 7.93. The number of hydrogen-bond donors (Lipinski definition) is 0. The smallest absolute Gasteiger partial charge is 0.309 e. The van der Waals surface area contributed by atoms with E-state index >= 15 is 0 Å². The van der Waals surface area contributed by atoms with Crippen molar-refractivity contribution < 1.29 is 19.1 Å². The fourth-order valence-corrected chi connectivity index (χ4v) is 1.69. The van der Waals surface area contributed by atoms with Crippen LogP contribution in [0.25, 0.3) is 0 Å². The van der Waals surface area contributed by atoms with E-state index in [1.807, 2.05) is 20.8 Å². The van der Waals surface area contributed by atoms with E-state index in [-0.39, 0.29) is 24.5 Å². The van der Waals surface area contributed by atoms with Gasteiger partial charge in [-0.25, -0.2) is 0 Å². The molecule has 5 heteroatoms. The minimum absolute atomic E-state index is 0.146. The molecular formula is C13H23IO4. The number of hydrogen-bond acceptors (Lipinski definition) is 4. The van der Waals surface area contributed by atoms with Crippen LogP contribution in [0.5, 0.6) is 0 Å². The largest absolute Gasteiger partial charge is 0.465 e. The molecule has 0 aliphatic rings. The van der Waals surface area contributed by atoms with Crippen LogP contribution in [0.4, 0.5) is 0 Å². The molecule has 1 unspecified atom stereocenters. The summed E-state index contributed by atoms with van der Waals surface area (Å²) in [6.07, 6.45) is 1.98. The van der Waals surface area contributed by atoms with Crippen LogP contribution in [-0.4, -0.2) is 29.1 Å². The molecular weight excluding hydrogens is 347 g/mol. The molecule has 106 valence electrons. The number of unbranched alkanes of at least 4 members (excludes halogenated alkanes) is 1. The van der Waals surface area contributed by atoms with Crippen LogP contribution in [0.15, 0.2) is 0 Å². The summed E-state index contributed by atoms with van der Waals surface area (Å²) in [6, 6.07) is 0. The standard InChI is InChI=1S/C13H23IO4/c1-4-5-6-12(15)18-11(8-14)7-13(16)17-9-10(2)3/h10-11H,4-9H2,1-3H3. The molecule has 0 aliphatic heterocycles. The van der Waals surface area contributed by atoms with Crippen LogP contribution in [0.2, 0.25) is 0 Å². The SMILES string of the molecule is CCCCC(=O)OC(CI)CC(=O)OCC(C)C. The third-order valence-electron chi connectivity index (χ3n) is 2.18. The molecule has 18 heavy (non-hydrogen) atoms. The Morgan fingerprint density at radius 2 is 1.89 bits per heavy atom. The lowest BCUT2D eigenvalue weighted by molar-refractivity contribution is -0.154. The van der Waals surface area contributed by atoms with E-state index in [0.29, 0.717) is 23.4 Å². The molecule has 0 radical (unpaired) electrons. The van der Waals surface area contributed by atoms with Crippen molar-refractivity contribution in [3.8, 4) is 0 Å². The van der Waals surface area contributed by atoms with Gasteiger partial charge >= 0.3 is 11.9 Å². The predicted molar refractivity (Wildman–Crippen MR) is 78.7 cm³/mol. The summed E-state index contributed by atoms with van der Waals surface area (Å²) in [7, 11) is 0. The van der Waals surface area contributed by atoms with Gasteiger partial charge < -0.3 is 9.47 Å². The molecule has 0 fully saturated rings. The molecule has 1 atom stereocenters. The van der Waals surface area contributed by atoms with Gasteiger partial charge in [0.2, 0.25) is 0 Å². The lowest BCUT2D eigenvalue weighted by Crippen LogP contribution is -2.24. The van der Waals surface area contributed by atoms with Crippen LogP contribution < -0.4 is 0 Å². The first kappa shape index (κ1) is 17.7. The zero-order valence-corrected chi connectivity index (χ0v) is 13.6. The van der Waals surface area contributed by atoms with Crippen LogP contribution in [0.3, 0.4) is 0 Å². The first-order chi connectivity index (χ1) is 8.49. The number of halogens is 1. The van der Waals surface area contributed by atoms with Crippen LogP contribution in [-0.2, 0) is 19.1 Å². The minimum Gasteiger partial charge on any atom is -0.465 e. The van der Waals surface area contributed by atoms with Crippen molar-refractivity contribution in [1.29, 1.82) is 0 Å². The number of ether oxygens (including phenoxy) is 2. The lowest BCUT2D eigenvalue weighted by Gasteiger charge is -2.15. The van der Waals surface area contributed by atoms with Gasteiger partial charge in [-0.05, 0) is 12.3 Å². The third kappa shape index (κ3) is 9.67. The zero-order valence-electron chi connectivity index (χ0n) is 11.4. The predicted octanol–water partition coefficient (Wildman–Crippen LogP) is 3.11. The molecule has 0 aromatic carbocycles. The highest BCUT2D eigenvalue weighted by Gasteiger charge is 2.18. The Kier molecular flexibility index (Phi) is 10.4. The number of esters is 2. The summed E-state index contributed by atoms with van der Waals surface area (Å²) in [5, 5.41) is 0. The summed E-state index contributed by atoms with van der Waals surface area (Å²) in [6.45, 7) is 6.39. The second kappa shape index (κ2) is 10.6.